The van der Waals surface area contributed by atoms with Gasteiger partial charge in [-0.25, -0.2) is 9.78 Å². The van der Waals surface area contributed by atoms with Crippen LogP contribution in [0.5, 0.6) is 0 Å². The molecule has 164 valence electrons. The molecule has 0 unspecified atom stereocenters. The molecule has 1 aliphatic heterocycles. The van der Waals surface area contributed by atoms with Crippen molar-refractivity contribution in [2.75, 3.05) is 0 Å². The molecule has 0 atom stereocenters. The fourth-order valence-electron chi connectivity index (χ4n) is 4.81. The van der Waals surface area contributed by atoms with Crippen LogP contribution in [0, 0.1) is 0 Å². The highest BCUT2D eigenvalue weighted by atomic mass is 35.5. The van der Waals surface area contributed by atoms with Crippen molar-refractivity contribution in [3.63, 3.8) is 0 Å². The molecule has 0 saturated heterocycles. The third-order valence-electron chi connectivity index (χ3n) is 6.24. The molecule has 3 aromatic carbocycles. The summed E-state index contributed by atoms with van der Waals surface area (Å²) in [5.41, 5.74) is 6.85. The quantitative estimate of drug-likeness (QED) is 0.288. The first-order valence-electron chi connectivity index (χ1n) is 11.0. The summed E-state index contributed by atoms with van der Waals surface area (Å²) in [6, 6.07) is 28.2. The third kappa shape index (κ3) is 3.66. The van der Waals surface area contributed by atoms with Crippen molar-refractivity contribution in [1.29, 1.82) is 0 Å². The maximum absolute atomic E-state index is 13.0. The molecule has 5 aromatic rings. The molecular weight excluding hydrogens is 432 g/mol. The lowest BCUT2D eigenvalue weighted by Gasteiger charge is -2.17. The van der Waals surface area contributed by atoms with E-state index in [1.807, 2.05) is 54.6 Å². The molecule has 0 bridgehead atoms. The first-order chi connectivity index (χ1) is 15.8. The summed E-state index contributed by atoms with van der Waals surface area (Å²) in [5.74, 6) is -0.403. The summed E-state index contributed by atoms with van der Waals surface area (Å²) in [6.07, 6.45) is 2.18. The van der Waals surface area contributed by atoms with Crippen LogP contribution in [-0.4, -0.2) is 15.5 Å². The van der Waals surface area contributed by atoms with Gasteiger partial charge in [0.2, 0.25) is 0 Å². The van der Waals surface area contributed by atoms with Gasteiger partial charge in [-0.2, -0.15) is 0 Å². The molecule has 0 fully saturated rings. The van der Waals surface area contributed by atoms with Crippen LogP contribution in [0.25, 0.3) is 33.1 Å². The Hall–Kier alpha value is -3.63. The van der Waals surface area contributed by atoms with Gasteiger partial charge in [-0.3, -0.25) is 0 Å². The second kappa shape index (κ2) is 8.72. The molecule has 1 aliphatic rings. The largest absolute Gasteiger partial charge is 0.456 e. The van der Waals surface area contributed by atoms with Crippen LogP contribution in [0.1, 0.15) is 28.0 Å². The monoisotopic (exact) mass is 454 g/mol. The first-order valence-corrected chi connectivity index (χ1v) is 11.0. The number of halogens is 1. The van der Waals surface area contributed by atoms with E-state index in [0.29, 0.717) is 5.69 Å². The average molecular weight is 455 g/mol. The predicted octanol–water partition coefficient (Wildman–Crippen LogP) is 6.58. The first kappa shape index (κ1) is 21.2. The van der Waals surface area contributed by atoms with Crippen LogP contribution in [0.4, 0.5) is 0 Å². The Morgan fingerprint density at radius 2 is 1.64 bits per heavy atom. The van der Waals surface area contributed by atoms with Crippen LogP contribution in [0.2, 0.25) is 0 Å². The summed E-state index contributed by atoms with van der Waals surface area (Å²) >= 11 is 0. The molecule has 4 nitrogen and oxygen atoms in total. The molecule has 0 amide bonds. The van der Waals surface area contributed by atoms with Gasteiger partial charge in [-0.05, 0) is 30.0 Å². The summed E-state index contributed by atoms with van der Waals surface area (Å²) in [5, 5.41) is 2.23. The minimum absolute atomic E-state index is 0. The topological polar surface area (TPSA) is 44.1 Å². The van der Waals surface area contributed by atoms with Gasteiger partial charge in [-0.1, -0.05) is 78.9 Å². The second-order valence-corrected chi connectivity index (χ2v) is 8.25. The molecule has 33 heavy (non-hydrogen) atoms. The minimum atomic E-state index is -0.403. The molecule has 5 heteroatoms. The van der Waals surface area contributed by atoms with Crippen LogP contribution >= 0.6 is 12.4 Å². The molecule has 2 aromatic heterocycles. The van der Waals surface area contributed by atoms with E-state index < -0.39 is 5.97 Å². The lowest BCUT2D eigenvalue weighted by molar-refractivity contribution is 0.0466. The number of esters is 1. The van der Waals surface area contributed by atoms with Crippen LogP contribution < -0.4 is 0 Å². The highest BCUT2D eigenvalue weighted by Gasteiger charge is 2.23. The summed E-state index contributed by atoms with van der Waals surface area (Å²) in [4.78, 5) is 17.9. The lowest BCUT2D eigenvalue weighted by atomic mass is 10.0. The number of rotatable bonds is 4. The van der Waals surface area contributed by atoms with Gasteiger partial charge in [0.1, 0.15) is 12.3 Å². The van der Waals surface area contributed by atoms with Crippen molar-refractivity contribution in [3.8, 4) is 11.3 Å². The average Bonchev–Trinajstić information content (AvgIpc) is 3.19. The molecule has 0 saturated carbocycles. The molecule has 3 heterocycles. The molecule has 0 aliphatic carbocycles. The highest BCUT2D eigenvalue weighted by Crippen LogP contribution is 2.39. The van der Waals surface area contributed by atoms with Crippen molar-refractivity contribution in [2.45, 2.75) is 26.0 Å². The van der Waals surface area contributed by atoms with Crippen molar-refractivity contribution in [2.24, 2.45) is 0 Å². The fourth-order valence-corrected chi connectivity index (χ4v) is 4.81. The van der Waals surface area contributed by atoms with E-state index in [1.165, 1.54) is 16.5 Å². The Labute approximate surface area is 198 Å². The van der Waals surface area contributed by atoms with E-state index in [1.54, 1.807) is 0 Å². The minimum Gasteiger partial charge on any atom is -0.456 e. The van der Waals surface area contributed by atoms with Gasteiger partial charge in [0, 0.05) is 22.9 Å². The van der Waals surface area contributed by atoms with E-state index in [4.69, 9.17) is 9.72 Å². The standard InChI is InChI=1S/C28H22N2O2.ClH/c31-28(32-18-19-9-3-1-4-10-19)24-17-23-22-15-7-13-21-14-8-16-30(26(21)22)27(23)25(29-24)20-11-5-2-6-12-20;/h1-7,9-13,15,17H,8,14,16,18H2;1H. The Bertz CT molecular complexity index is 1460. The number of aryl methyl sites for hydroxylation is 2. The van der Waals surface area contributed by atoms with Crippen molar-refractivity contribution >= 4 is 40.2 Å². The lowest BCUT2D eigenvalue weighted by Crippen LogP contribution is -2.10. The summed E-state index contributed by atoms with van der Waals surface area (Å²) in [7, 11) is 0. The van der Waals surface area contributed by atoms with Gasteiger partial charge in [-0.15, -0.1) is 12.4 Å². The smallest absolute Gasteiger partial charge is 0.357 e. The van der Waals surface area contributed by atoms with Crippen LogP contribution in [0.15, 0.2) is 84.9 Å². The Morgan fingerprint density at radius 3 is 2.42 bits per heavy atom. The number of carbonyl (C=O) groups is 1. The van der Waals surface area contributed by atoms with Gasteiger partial charge in [0.25, 0.3) is 0 Å². The van der Waals surface area contributed by atoms with Crippen LogP contribution in [-0.2, 0) is 24.3 Å². The van der Waals surface area contributed by atoms with E-state index in [9.17, 15) is 4.79 Å². The van der Waals surface area contributed by atoms with E-state index in [2.05, 4.69) is 34.9 Å². The van der Waals surface area contributed by atoms with Crippen molar-refractivity contribution in [3.05, 3.63) is 102 Å². The Balaban J connectivity index is 0.00000228. The van der Waals surface area contributed by atoms with Crippen molar-refractivity contribution in [1.82, 2.24) is 9.55 Å². The van der Waals surface area contributed by atoms with E-state index in [0.717, 1.165) is 47.1 Å². The number of carbonyl (C=O) groups excluding carboxylic acids is 1. The highest BCUT2D eigenvalue weighted by molar-refractivity contribution is 6.14. The number of aromatic nitrogens is 2. The molecule has 6 rings (SSSR count). The number of ether oxygens (including phenoxy) is 1. The van der Waals surface area contributed by atoms with Gasteiger partial charge < -0.3 is 9.30 Å². The predicted molar refractivity (Wildman–Crippen MR) is 134 cm³/mol. The number of nitrogens with zero attached hydrogens (tertiary/aromatic N) is 2. The van der Waals surface area contributed by atoms with Gasteiger partial charge in [0.05, 0.1) is 16.7 Å². The number of benzene rings is 3. The summed E-state index contributed by atoms with van der Waals surface area (Å²) < 4.78 is 8.01. The van der Waals surface area contributed by atoms with Gasteiger partial charge in [0.15, 0.2) is 0 Å². The van der Waals surface area contributed by atoms with E-state index >= 15 is 0 Å². The fraction of sp³-hybridized carbons (Fsp3) is 0.143. The number of fused-ring (bicyclic) bond motifs is 3. The number of hydrogen-bond donors (Lipinski definition) is 0. The molecular formula is C28H23ClN2O2. The summed E-state index contributed by atoms with van der Waals surface area (Å²) in [6.45, 7) is 1.18. The number of hydrogen-bond acceptors (Lipinski definition) is 3. The zero-order chi connectivity index (χ0) is 21.5. The second-order valence-electron chi connectivity index (χ2n) is 8.25. The normalized spacial score (nSPS) is 12.5. The number of pyridine rings is 1. The molecule has 0 N–H and O–H groups in total. The maximum atomic E-state index is 13.0. The third-order valence-corrected chi connectivity index (χ3v) is 6.24. The zero-order valence-corrected chi connectivity index (χ0v) is 18.8. The molecule has 0 radical (unpaired) electrons. The van der Waals surface area contributed by atoms with Crippen molar-refractivity contribution < 1.29 is 9.53 Å². The van der Waals surface area contributed by atoms with E-state index in [-0.39, 0.29) is 19.0 Å². The van der Waals surface area contributed by atoms with Crippen LogP contribution in [0.3, 0.4) is 0 Å². The zero-order valence-electron chi connectivity index (χ0n) is 18.0. The Kier molecular flexibility index (Phi) is 5.61. The maximum Gasteiger partial charge on any atom is 0.357 e. The molecule has 0 spiro atoms. The number of para-hydroxylation sites is 1. The van der Waals surface area contributed by atoms with Gasteiger partial charge >= 0.3 is 5.97 Å². The Morgan fingerprint density at radius 1 is 0.879 bits per heavy atom. The SMILES string of the molecule is Cl.O=C(OCc1ccccc1)c1cc2c3cccc4c3n(c2c(-c2ccccc2)n1)CCC4.